The first-order valence-corrected chi connectivity index (χ1v) is 8.39. The minimum absolute atomic E-state index is 0.713. The monoisotopic (exact) mass is 265 g/mol. The van der Waals surface area contributed by atoms with E-state index in [-0.39, 0.29) is 0 Å². The van der Waals surface area contributed by atoms with Crippen LogP contribution in [0.5, 0.6) is 0 Å². The van der Waals surface area contributed by atoms with E-state index in [1.807, 2.05) is 7.11 Å². The van der Waals surface area contributed by atoms with Crippen LogP contribution in [0.15, 0.2) is 0 Å². The van der Waals surface area contributed by atoms with Gasteiger partial charge >= 0.3 is 0 Å². The first-order valence-electron chi connectivity index (χ1n) is 8.39. The first kappa shape index (κ1) is 13.9. The molecule has 0 aromatic carbocycles. The highest BCUT2D eigenvalue weighted by atomic mass is 16.5. The molecule has 2 atom stereocenters. The lowest BCUT2D eigenvalue weighted by atomic mass is 9.50. The number of ether oxygens (including phenoxy) is 1. The maximum Gasteiger partial charge on any atom is 0.0465 e. The van der Waals surface area contributed by atoms with Crippen molar-refractivity contribution in [3.05, 3.63) is 0 Å². The molecule has 110 valence electrons. The highest BCUT2D eigenvalue weighted by molar-refractivity contribution is 5.02. The van der Waals surface area contributed by atoms with Gasteiger partial charge in [0.05, 0.1) is 0 Å². The van der Waals surface area contributed by atoms with Crippen molar-refractivity contribution in [3.63, 3.8) is 0 Å². The van der Waals surface area contributed by atoms with Gasteiger partial charge in [0.25, 0.3) is 0 Å². The SMILES string of the molecule is CNC(C(C)CCOC)C1C2CC3CC(C2)CC1C3. The van der Waals surface area contributed by atoms with E-state index in [9.17, 15) is 0 Å². The Bertz CT molecular complexity index is 276. The molecule has 0 heterocycles. The third-order valence-electron chi connectivity index (χ3n) is 6.44. The zero-order chi connectivity index (χ0) is 13.4. The Kier molecular flexibility index (Phi) is 4.19. The molecule has 1 N–H and O–H groups in total. The fraction of sp³-hybridized carbons (Fsp3) is 1.00. The van der Waals surface area contributed by atoms with E-state index >= 15 is 0 Å². The molecule has 4 aliphatic rings. The Balaban J connectivity index is 1.69. The maximum absolute atomic E-state index is 5.28. The molecule has 0 saturated heterocycles. The molecule has 0 radical (unpaired) electrons. The summed E-state index contributed by atoms with van der Waals surface area (Å²) in [5, 5.41) is 3.68. The molecular weight excluding hydrogens is 234 g/mol. The van der Waals surface area contributed by atoms with Crippen molar-refractivity contribution >= 4 is 0 Å². The molecule has 4 aliphatic carbocycles. The van der Waals surface area contributed by atoms with Gasteiger partial charge in [0.15, 0.2) is 0 Å². The number of nitrogens with one attached hydrogen (secondary N) is 1. The van der Waals surface area contributed by atoms with Crippen LogP contribution in [0.1, 0.15) is 45.4 Å². The Labute approximate surface area is 118 Å². The zero-order valence-corrected chi connectivity index (χ0v) is 12.9. The van der Waals surface area contributed by atoms with E-state index in [0.29, 0.717) is 6.04 Å². The smallest absolute Gasteiger partial charge is 0.0465 e. The Morgan fingerprint density at radius 1 is 1.05 bits per heavy atom. The lowest BCUT2D eigenvalue weighted by molar-refractivity contribution is -0.0598. The Morgan fingerprint density at radius 3 is 2.11 bits per heavy atom. The van der Waals surface area contributed by atoms with Gasteiger partial charge in [-0.1, -0.05) is 6.92 Å². The summed E-state index contributed by atoms with van der Waals surface area (Å²) in [6.45, 7) is 3.33. The molecule has 4 fully saturated rings. The summed E-state index contributed by atoms with van der Waals surface area (Å²) in [4.78, 5) is 0. The fourth-order valence-electron chi connectivity index (χ4n) is 5.89. The van der Waals surface area contributed by atoms with Gasteiger partial charge in [-0.25, -0.2) is 0 Å². The van der Waals surface area contributed by atoms with E-state index in [1.165, 1.54) is 32.1 Å². The van der Waals surface area contributed by atoms with Crippen LogP contribution in [-0.4, -0.2) is 26.8 Å². The predicted molar refractivity (Wildman–Crippen MR) is 79.0 cm³/mol. The number of rotatable bonds is 6. The molecular formula is C17H31NO. The molecule has 0 amide bonds. The van der Waals surface area contributed by atoms with Crippen molar-refractivity contribution in [2.45, 2.75) is 51.5 Å². The quantitative estimate of drug-likeness (QED) is 0.795. The molecule has 2 unspecified atom stereocenters. The van der Waals surface area contributed by atoms with Crippen molar-refractivity contribution in [1.29, 1.82) is 0 Å². The summed E-state index contributed by atoms with van der Waals surface area (Å²) in [5.41, 5.74) is 0. The average Bonchev–Trinajstić information content (AvgIpc) is 2.39. The Hall–Kier alpha value is -0.0800. The highest BCUT2D eigenvalue weighted by Crippen LogP contribution is 2.57. The highest BCUT2D eigenvalue weighted by Gasteiger charge is 2.50. The molecule has 19 heavy (non-hydrogen) atoms. The summed E-state index contributed by atoms with van der Waals surface area (Å²) in [7, 11) is 4.00. The van der Waals surface area contributed by atoms with Crippen LogP contribution in [0.4, 0.5) is 0 Å². The molecule has 2 nitrogen and oxygen atoms in total. The van der Waals surface area contributed by atoms with Crippen LogP contribution in [0.2, 0.25) is 0 Å². The summed E-state index contributed by atoms with van der Waals surface area (Å²) in [6, 6.07) is 0.713. The molecule has 4 bridgehead atoms. The molecule has 0 spiro atoms. The standard InChI is InChI=1S/C17H31NO/c1-11(4-5-19-3)17(18-2)16-14-7-12-6-13(9-14)10-15(16)8-12/h11-18H,4-10H2,1-3H3. The molecule has 0 aliphatic heterocycles. The normalized spacial score (nSPS) is 43.4. The van der Waals surface area contributed by atoms with E-state index in [1.54, 1.807) is 6.42 Å². The fourth-order valence-corrected chi connectivity index (χ4v) is 5.89. The van der Waals surface area contributed by atoms with Crippen molar-refractivity contribution in [3.8, 4) is 0 Å². The summed E-state index contributed by atoms with van der Waals surface area (Å²) < 4.78 is 5.28. The second-order valence-corrected chi connectivity index (χ2v) is 7.58. The van der Waals surface area contributed by atoms with Crippen molar-refractivity contribution in [2.24, 2.45) is 35.5 Å². The lowest BCUT2D eigenvalue weighted by Crippen LogP contribution is -2.54. The van der Waals surface area contributed by atoms with E-state index in [4.69, 9.17) is 4.74 Å². The number of hydrogen-bond donors (Lipinski definition) is 1. The van der Waals surface area contributed by atoms with E-state index < -0.39 is 0 Å². The Morgan fingerprint density at radius 2 is 1.63 bits per heavy atom. The lowest BCUT2D eigenvalue weighted by Gasteiger charge is -2.57. The van der Waals surface area contributed by atoms with Gasteiger partial charge in [-0.2, -0.15) is 0 Å². The van der Waals surface area contributed by atoms with Crippen LogP contribution < -0.4 is 5.32 Å². The van der Waals surface area contributed by atoms with Crippen molar-refractivity contribution in [2.75, 3.05) is 20.8 Å². The molecule has 4 rings (SSSR count). The topological polar surface area (TPSA) is 21.3 Å². The van der Waals surface area contributed by atoms with Crippen LogP contribution >= 0.6 is 0 Å². The largest absolute Gasteiger partial charge is 0.385 e. The minimum Gasteiger partial charge on any atom is -0.385 e. The van der Waals surface area contributed by atoms with Gasteiger partial charge < -0.3 is 10.1 Å². The minimum atomic E-state index is 0.713. The molecule has 0 aromatic rings. The molecule has 4 saturated carbocycles. The second-order valence-electron chi connectivity index (χ2n) is 7.58. The third kappa shape index (κ3) is 2.58. The third-order valence-corrected chi connectivity index (χ3v) is 6.44. The van der Waals surface area contributed by atoms with Crippen LogP contribution in [-0.2, 0) is 4.74 Å². The van der Waals surface area contributed by atoms with Crippen molar-refractivity contribution in [1.82, 2.24) is 5.32 Å². The van der Waals surface area contributed by atoms with Crippen molar-refractivity contribution < 1.29 is 4.74 Å². The molecule has 0 aromatic heterocycles. The number of methoxy groups -OCH3 is 1. The second kappa shape index (κ2) is 5.73. The summed E-state index contributed by atoms with van der Waals surface area (Å²) >= 11 is 0. The van der Waals surface area contributed by atoms with Gasteiger partial charge in [0, 0.05) is 19.8 Å². The van der Waals surface area contributed by atoms with Gasteiger partial charge in [-0.3, -0.25) is 0 Å². The summed E-state index contributed by atoms with van der Waals surface area (Å²) in [5.74, 6) is 5.92. The average molecular weight is 265 g/mol. The van der Waals surface area contributed by atoms with Crippen LogP contribution in [0.25, 0.3) is 0 Å². The van der Waals surface area contributed by atoms with Crippen LogP contribution in [0, 0.1) is 35.5 Å². The number of hydrogen-bond acceptors (Lipinski definition) is 2. The van der Waals surface area contributed by atoms with Gasteiger partial charge in [-0.05, 0) is 81.1 Å². The van der Waals surface area contributed by atoms with E-state index in [2.05, 4.69) is 19.3 Å². The zero-order valence-electron chi connectivity index (χ0n) is 12.9. The molecule has 2 heteroatoms. The van der Waals surface area contributed by atoms with Gasteiger partial charge in [0.1, 0.15) is 0 Å². The predicted octanol–water partition coefficient (Wildman–Crippen LogP) is 3.32. The van der Waals surface area contributed by atoms with Crippen LogP contribution in [0.3, 0.4) is 0 Å². The first-order chi connectivity index (χ1) is 9.22. The van der Waals surface area contributed by atoms with Gasteiger partial charge in [0.2, 0.25) is 0 Å². The maximum atomic E-state index is 5.28. The van der Waals surface area contributed by atoms with Gasteiger partial charge in [-0.15, -0.1) is 0 Å². The summed E-state index contributed by atoms with van der Waals surface area (Å²) in [6.07, 6.45) is 8.90. The van der Waals surface area contributed by atoms with E-state index in [0.717, 1.165) is 42.1 Å².